The fourth-order valence-corrected chi connectivity index (χ4v) is 1.53. The summed E-state index contributed by atoms with van der Waals surface area (Å²) in [6.07, 6.45) is 3.87. The van der Waals surface area contributed by atoms with Gasteiger partial charge in [0.05, 0.1) is 12.5 Å². The Morgan fingerprint density at radius 2 is 2.12 bits per heavy atom. The molecule has 1 amide bonds. The minimum atomic E-state index is -0.776. The number of aliphatic carboxylic acids is 1. The van der Waals surface area contributed by atoms with Gasteiger partial charge in [-0.25, -0.2) is 0 Å². The van der Waals surface area contributed by atoms with Crippen molar-refractivity contribution in [2.45, 2.75) is 32.6 Å². The average Bonchev–Trinajstić information content (AvgIpc) is 3.08. The normalized spacial score (nSPS) is 16.5. The Morgan fingerprint density at radius 3 is 2.71 bits per heavy atom. The number of nitrogens with one attached hydrogen (secondary N) is 2. The van der Waals surface area contributed by atoms with Gasteiger partial charge >= 0.3 is 5.97 Å². The summed E-state index contributed by atoms with van der Waals surface area (Å²) in [5, 5.41) is 14.6. The van der Waals surface area contributed by atoms with Crippen LogP contribution >= 0.6 is 0 Å². The quantitative estimate of drug-likeness (QED) is 0.517. The lowest BCUT2D eigenvalue weighted by atomic mass is 10.1. The van der Waals surface area contributed by atoms with Crippen LogP contribution in [-0.2, 0) is 9.59 Å². The summed E-state index contributed by atoms with van der Waals surface area (Å²) in [5.41, 5.74) is 0. The highest BCUT2D eigenvalue weighted by molar-refractivity contribution is 5.77. The van der Waals surface area contributed by atoms with Gasteiger partial charge in [-0.15, -0.1) is 0 Å². The minimum Gasteiger partial charge on any atom is -0.481 e. The zero-order chi connectivity index (χ0) is 12.7. The number of rotatable bonds is 9. The van der Waals surface area contributed by atoms with Crippen molar-refractivity contribution in [3.8, 4) is 0 Å². The summed E-state index contributed by atoms with van der Waals surface area (Å²) >= 11 is 0. The maximum atomic E-state index is 11.3. The third-order valence-electron chi connectivity index (χ3n) is 2.97. The Morgan fingerprint density at radius 1 is 1.41 bits per heavy atom. The second-order valence-electron chi connectivity index (χ2n) is 4.81. The Bertz CT molecular complexity index is 264. The van der Waals surface area contributed by atoms with Crippen LogP contribution in [0, 0.1) is 11.8 Å². The summed E-state index contributed by atoms with van der Waals surface area (Å²) in [4.78, 5) is 21.9. The maximum Gasteiger partial charge on any atom is 0.306 e. The summed E-state index contributed by atoms with van der Waals surface area (Å²) in [6, 6.07) is 0. The first-order valence-corrected chi connectivity index (χ1v) is 6.30. The van der Waals surface area contributed by atoms with Gasteiger partial charge < -0.3 is 15.7 Å². The van der Waals surface area contributed by atoms with Gasteiger partial charge in [0, 0.05) is 6.54 Å². The Labute approximate surface area is 102 Å². The Balaban J connectivity index is 1.90. The molecule has 17 heavy (non-hydrogen) atoms. The van der Waals surface area contributed by atoms with E-state index in [1.807, 2.05) is 0 Å². The zero-order valence-corrected chi connectivity index (χ0v) is 10.4. The van der Waals surface area contributed by atoms with E-state index in [2.05, 4.69) is 10.6 Å². The molecule has 0 heterocycles. The predicted molar refractivity (Wildman–Crippen MR) is 64.6 cm³/mol. The smallest absolute Gasteiger partial charge is 0.306 e. The van der Waals surface area contributed by atoms with E-state index < -0.39 is 5.97 Å². The molecule has 98 valence electrons. The molecule has 1 aliphatic rings. The van der Waals surface area contributed by atoms with E-state index in [0.29, 0.717) is 25.9 Å². The molecule has 1 unspecified atom stereocenters. The van der Waals surface area contributed by atoms with Crippen LogP contribution in [0.1, 0.15) is 32.6 Å². The van der Waals surface area contributed by atoms with Gasteiger partial charge in [0.25, 0.3) is 0 Å². The van der Waals surface area contributed by atoms with Gasteiger partial charge in [0.15, 0.2) is 0 Å². The summed E-state index contributed by atoms with van der Waals surface area (Å²) in [5.74, 6) is -0.338. The lowest BCUT2D eigenvalue weighted by molar-refractivity contribution is -0.141. The third-order valence-corrected chi connectivity index (χ3v) is 2.97. The highest BCUT2D eigenvalue weighted by Gasteiger charge is 2.20. The number of carboxylic acids is 1. The number of carbonyl (C=O) groups excluding carboxylic acids is 1. The molecule has 0 aromatic heterocycles. The predicted octanol–water partition coefficient (Wildman–Crippen LogP) is 0.603. The molecule has 0 bridgehead atoms. The summed E-state index contributed by atoms with van der Waals surface area (Å²) in [7, 11) is 0. The number of amides is 1. The van der Waals surface area contributed by atoms with Crippen LogP contribution in [0.4, 0.5) is 0 Å². The standard InChI is InChI=1S/C12H22N2O3/c1-9(12(16)17)3-2-6-14-11(15)8-13-7-10-4-5-10/h9-10,13H,2-8H2,1H3,(H,14,15)(H,16,17). The van der Waals surface area contributed by atoms with Crippen molar-refractivity contribution in [1.82, 2.24) is 10.6 Å². The van der Waals surface area contributed by atoms with E-state index in [0.717, 1.165) is 12.5 Å². The average molecular weight is 242 g/mol. The fraction of sp³-hybridized carbons (Fsp3) is 0.833. The van der Waals surface area contributed by atoms with Crippen molar-refractivity contribution in [3.63, 3.8) is 0 Å². The van der Waals surface area contributed by atoms with Gasteiger partial charge in [-0.2, -0.15) is 0 Å². The van der Waals surface area contributed by atoms with Crippen molar-refractivity contribution in [1.29, 1.82) is 0 Å². The number of hydrogen-bond acceptors (Lipinski definition) is 3. The van der Waals surface area contributed by atoms with Crippen molar-refractivity contribution in [2.75, 3.05) is 19.6 Å². The van der Waals surface area contributed by atoms with Crippen molar-refractivity contribution < 1.29 is 14.7 Å². The first-order chi connectivity index (χ1) is 8.09. The van der Waals surface area contributed by atoms with Crippen LogP contribution in [0.3, 0.4) is 0 Å². The molecule has 0 saturated heterocycles. The first kappa shape index (κ1) is 14.0. The maximum absolute atomic E-state index is 11.3. The highest BCUT2D eigenvalue weighted by Crippen LogP contribution is 2.27. The number of carboxylic acid groups (broad SMARTS) is 1. The third kappa shape index (κ3) is 6.94. The molecule has 0 spiro atoms. The Hall–Kier alpha value is -1.10. The Kier molecular flexibility index (Phi) is 5.97. The zero-order valence-electron chi connectivity index (χ0n) is 10.4. The van der Waals surface area contributed by atoms with Crippen LogP contribution in [-0.4, -0.2) is 36.6 Å². The second-order valence-corrected chi connectivity index (χ2v) is 4.81. The SMILES string of the molecule is CC(CCCNC(=O)CNCC1CC1)C(=O)O. The van der Waals surface area contributed by atoms with Crippen molar-refractivity contribution in [3.05, 3.63) is 0 Å². The van der Waals surface area contributed by atoms with Crippen LogP contribution in [0.25, 0.3) is 0 Å². The van der Waals surface area contributed by atoms with Crippen LogP contribution < -0.4 is 10.6 Å². The number of hydrogen-bond donors (Lipinski definition) is 3. The van der Waals surface area contributed by atoms with Crippen LogP contribution in [0.2, 0.25) is 0 Å². The van der Waals surface area contributed by atoms with E-state index in [1.54, 1.807) is 6.92 Å². The molecular weight excluding hydrogens is 220 g/mol. The number of carbonyl (C=O) groups is 2. The summed E-state index contributed by atoms with van der Waals surface area (Å²) < 4.78 is 0. The highest BCUT2D eigenvalue weighted by atomic mass is 16.4. The topological polar surface area (TPSA) is 78.4 Å². The van der Waals surface area contributed by atoms with E-state index in [-0.39, 0.29) is 11.8 Å². The molecule has 1 saturated carbocycles. The molecule has 5 heteroatoms. The molecule has 1 fully saturated rings. The molecule has 1 atom stereocenters. The van der Waals surface area contributed by atoms with Crippen LogP contribution in [0.5, 0.6) is 0 Å². The van der Waals surface area contributed by atoms with E-state index in [9.17, 15) is 9.59 Å². The largest absolute Gasteiger partial charge is 0.481 e. The molecular formula is C12H22N2O3. The van der Waals surface area contributed by atoms with Gasteiger partial charge in [-0.05, 0) is 38.1 Å². The van der Waals surface area contributed by atoms with Gasteiger partial charge in [-0.1, -0.05) is 6.92 Å². The molecule has 0 aromatic carbocycles. The van der Waals surface area contributed by atoms with Gasteiger partial charge in [0.1, 0.15) is 0 Å². The molecule has 0 radical (unpaired) electrons. The van der Waals surface area contributed by atoms with Gasteiger partial charge in [-0.3, -0.25) is 9.59 Å². The van der Waals surface area contributed by atoms with E-state index in [4.69, 9.17) is 5.11 Å². The first-order valence-electron chi connectivity index (χ1n) is 6.30. The monoisotopic (exact) mass is 242 g/mol. The summed E-state index contributed by atoms with van der Waals surface area (Å²) in [6.45, 7) is 3.54. The van der Waals surface area contributed by atoms with E-state index >= 15 is 0 Å². The molecule has 5 nitrogen and oxygen atoms in total. The molecule has 0 aromatic rings. The molecule has 3 N–H and O–H groups in total. The molecule has 0 aliphatic heterocycles. The second kappa shape index (κ2) is 7.27. The van der Waals surface area contributed by atoms with Crippen molar-refractivity contribution in [2.24, 2.45) is 11.8 Å². The van der Waals surface area contributed by atoms with E-state index in [1.165, 1.54) is 12.8 Å². The fourth-order valence-electron chi connectivity index (χ4n) is 1.53. The van der Waals surface area contributed by atoms with Crippen LogP contribution in [0.15, 0.2) is 0 Å². The van der Waals surface area contributed by atoms with Crippen molar-refractivity contribution >= 4 is 11.9 Å². The minimum absolute atomic E-state index is 0.00590. The lowest BCUT2D eigenvalue weighted by Crippen LogP contribution is -2.35. The lowest BCUT2D eigenvalue weighted by Gasteiger charge is -2.08. The molecule has 1 rings (SSSR count). The van der Waals surface area contributed by atoms with Gasteiger partial charge in [0.2, 0.25) is 5.91 Å². The molecule has 1 aliphatic carbocycles.